The van der Waals surface area contributed by atoms with Crippen LogP contribution in [0.25, 0.3) is 0 Å². The molecule has 0 heterocycles. The second-order valence-electron chi connectivity index (χ2n) is 5.00. The molecule has 0 amide bonds. The first-order valence-corrected chi connectivity index (χ1v) is 7.69. The number of rotatable bonds is 6. The van der Waals surface area contributed by atoms with Gasteiger partial charge in [-0.05, 0) is 44.2 Å². The summed E-state index contributed by atoms with van der Waals surface area (Å²) in [4.78, 5) is 4.07. The first-order valence-electron chi connectivity index (χ1n) is 7.69. The lowest BCUT2D eigenvalue weighted by Crippen LogP contribution is -2.04. The number of aromatic hydroxyl groups is 1. The summed E-state index contributed by atoms with van der Waals surface area (Å²) in [5, 5.41) is 10.1. The molecular weight excluding hydrogens is 335 g/mol. The number of phenolic OH excluding ortho intramolecular Hbond substituents is 1. The van der Waals surface area contributed by atoms with Crippen molar-refractivity contribution in [1.29, 1.82) is 0 Å². The van der Waals surface area contributed by atoms with Crippen LogP contribution < -0.4 is 9.47 Å². The van der Waals surface area contributed by atoms with Crippen molar-refractivity contribution in [3.05, 3.63) is 47.5 Å². The Kier molecular flexibility index (Phi) is 5.90. The quantitative estimate of drug-likeness (QED) is 0.747. The third-order valence-corrected chi connectivity index (χ3v) is 3.26. The normalized spacial score (nSPS) is 11.7. The number of alkyl halides is 3. The molecule has 0 spiro atoms. The molecule has 0 bridgehead atoms. The zero-order valence-electron chi connectivity index (χ0n) is 13.8. The SMILES string of the molecule is CCOc1ccc(C(F)(F)F)cc1N=Cc1cccc(OCC)c1O. The highest BCUT2D eigenvalue weighted by molar-refractivity contribution is 5.87. The molecule has 0 saturated carbocycles. The number of ether oxygens (including phenoxy) is 2. The Balaban J connectivity index is 2.41. The zero-order chi connectivity index (χ0) is 18.4. The van der Waals surface area contributed by atoms with E-state index < -0.39 is 11.7 Å². The maximum atomic E-state index is 12.9. The maximum Gasteiger partial charge on any atom is 0.416 e. The number of nitrogens with zero attached hydrogens (tertiary/aromatic N) is 1. The van der Waals surface area contributed by atoms with Gasteiger partial charge >= 0.3 is 6.18 Å². The topological polar surface area (TPSA) is 51.0 Å². The van der Waals surface area contributed by atoms with Gasteiger partial charge in [-0.2, -0.15) is 13.2 Å². The highest BCUT2D eigenvalue weighted by Crippen LogP contribution is 2.37. The Hall–Kier alpha value is -2.70. The molecular formula is C18H18F3NO3. The summed E-state index contributed by atoms with van der Waals surface area (Å²) in [6.07, 6.45) is -3.21. The van der Waals surface area contributed by atoms with Crippen LogP contribution in [0.1, 0.15) is 25.0 Å². The van der Waals surface area contributed by atoms with Gasteiger partial charge < -0.3 is 14.6 Å². The Morgan fingerprint density at radius 1 is 1.04 bits per heavy atom. The summed E-state index contributed by atoms with van der Waals surface area (Å²) < 4.78 is 49.3. The van der Waals surface area contributed by atoms with Gasteiger partial charge in [0.25, 0.3) is 0 Å². The van der Waals surface area contributed by atoms with E-state index in [1.54, 1.807) is 32.0 Å². The molecule has 0 unspecified atom stereocenters. The predicted molar refractivity (Wildman–Crippen MR) is 89.1 cm³/mol. The van der Waals surface area contributed by atoms with Crippen molar-refractivity contribution in [2.45, 2.75) is 20.0 Å². The summed E-state index contributed by atoms with van der Waals surface area (Å²) in [7, 11) is 0. The minimum Gasteiger partial charge on any atom is -0.504 e. The van der Waals surface area contributed by atoms with Gasteiger partial charge in [-0.1, -0.05) is 6.07 Å². The molecule has 1 N–H and O–H groups in total. The van der Waals surface area contributed by atoms with E-state index in [4.69, 9.17) is 9.47 Å². The number of aliphatic imine (C=N–C) groups is 1. The van der Waals surface area contributed by atoms with E-state index >= 15 is 0 Å². The molecule has 134 valence electrons. The number of halogens is 3. The fourth-order valence-corrected chi connectivity index (χ4v) is 2.13. The van der Waals surface area contributed by atoms with E-state index in [0.717, 1.165) is 12.1 Å². The van der Waals surface area contributed by atoms with E-state index in [-0.39, 0.29) is 22.9 Å². The smallest absolute Gasteiger partial charge is 0.416 e. The van der Waals surface area contributed by atoms with E-state index in [0.29, 0.717) is 18.8 Å². The number of para-hydroxylation sites is 1. The Labute approximate surface area is 143 Å². The molecule has 0 radical (unpaired) electrons. The second-order valence-corrected chi connectivity index (χ2v) is 5.00. The third-order valence-electron chi connectivity index (χ3n) is 3.26. The molecule has 0 aliphatic heterocycles. The van der Waals surface area contributed by atoms with Crippen LogP contribution in [-0.2, 0) is 6.18 Å². The van der Waals surface area contributed by atoms with Gasteiger partial charge in [0.15, 0.2) is 11.5 Å². The second kappa shape index (κ2) is 7.92. The van der Waals surface area contributed by atoms with E-state index in [2.05, 4.69) is 4.99 Å². The molecule has 0 aliphatic rings. The lowest BCUT2D eigenvalue weighted by Gasteiger charge is -2.11. The van der Waals surface area contributed by atoms with Crippen LogP contribution in [0.3, 0.4) is 0 Å². The fourth-order valence-electron chi connectivity index (χ4n) is 2.13. The van der Waals surface area contributed by atoms with Gasteiger partial charge in [0.2, 0.25) is 0 Å². The highest BCUT2D eigenvalue weighted by Gasteiger charge is 2.31. The molecule has 0 atom stereocenters. The number of hydrogen-bond donors (Lipinski definition) is 1. The first-order chi connectivity index (χ1) is 11.9. The van der Waals surface area contributed by atoms with Gasteiger partial charge in [0.1, 0.15) is 11.4 Å². The Morgan fingerprint density at radius 2 is 1.72 bits per heavy atom. The highest BCUT2D eigenvalue weighted by atomic mass is 19.4. The van der Waals surface area contributed by atoms with Crippen molar-refractivity contribution >= 4 is 11.9 Å². The van der Waals surface area contributed by atoms with Crippen molar-refractivity contribution in [1.82, 2.24) is 0 Å². The van der Waals surface area contributed by atoms with Gasteiger partial charge in [0, 0.05) is 11.8 Å². The van der Waals surface area contributed by atoms with Gasteiger partial charge in [0.05, 0.1) is 18.8 Å². The molecule has 2 rings (SSSR count). The predicted octanol–water partition coefficient (Wildman–Crippen LogP) is 4.96. The van der Waals surface area contributed by atoms with Crippen LogP contribution in [0.5, 0.6) is 17.2 Å². The number of phenols is 1. The van der Waals surface area contributed by atoms with Crippen LogP contribution in [0.4, 0.5) is 18.9 Å². The maximum absolute atomic E-state index is 12.9. The van der Waals surface area contributed by atoms with Crippen molar-refractivity contribution in [2.24, 2.45) is 4.99 Å². The molecule has 2 aromatic carbocycles. The molecule has 0 saturated heterocycles. The van der Waals surface area contributed by atoms with Crippen LogP contribution in [0.2, 0.25) is 0 Å². The molecule has 4 nitrogen and oxygen atoms in total. The van der Waals surface area contributed by atoms with Crippen LogP contribution >= 0.6 is 0 Å². The van der Waals surface area contributed by atoms with Gasteiger partial charge in [-0.25, -0.2) is 0 Å². The Morgan fingerprint density at radius 3 is 2.36 bits per heavy atom. The summed E-state index contributed by atoms with van der Waals surface area (Å²) in [6, 6.07) is 7.90. The summed E-state index contributed by atoms with van der Waals surface area (Å²) in [5.74, 6) is 0.380. The van der Waals surface area contributed by atoms with Crippen molar-refractivity contribution in [3.8, 4) is 17.2 Å². The average Bonchev–Trinajstić information content (AvgIpc) is 2.56. The largest absolute Gasteiger partial charge is 0.504 e. The van der Waals surface area contributed by atoms with E-state index in [9.17, 15) is 18.3 Å². The lowest BCUT2D eigenvalue weighted by atomic mass is 10.1. The minimum atomic E-state index is -4.48. The summed E-state index contributed by atoms with van der Waals surface area (Å²) >= 11 is 0. The van der Waals surface area contributed by atoms with Crippen LogP contribution in [0, 0.1) is 0 Å². The zero-order valence-corrected chi connectivity index (χ0v) is 13.8. The number of benzene rings is 2. The lowest BCUT2D eigenvalue weighted by molar-refractivity contribution is -0.137. The summed E-state index contributed by atoms with van der Waals surface area (Å²) in [6.45, 7) is 4.16. The fraction of sp³-hybridized carbons (Fsp3) is 0.278. The standard InChI is InChI=1S/C18H18F3NO3/c1-3-24-15-9-8-13(18(19,20)21)10-14(15)22-11-12-6-5-7-16(17(12)23)25-4-2/h5-11,23H,3-4H2,1-2H3. The first kappa shape index (κ1) is 18.6. The molecule has 0 aromatic heterocycles. The molecule has 2 aromatic rings. The van der Waals surface area contributed by atoms with Crippen LogP contribution in [-0.4, -0.2) is 24.5 Å². The minimum absolute atomic E-state index is 0.0258. The van der Waals surface area contributed by atoms with E-state index in [1.807, 2.05) is 0 Å². The average molecular weight is 353 g/mol. The molecule has 0 fully saturated rings. The van der Waals surface area contributed by atoms with Gasteiger partial charge in [-0.3, -0.25) is 4.99 Å². The molecule has 0 aliphatic carbocycles. The van der Waals surface area contributed by atoms with E-state index in [1.165, 1.54) is 12.3 Å². The molecule has 7 heteroatoms. The van der Waals surface area contributed by atoms with Crippen molar-refractivity contribution in [2.75, 3.05) is 13.2 Å². The number of hydrogen-bond acceptors (Lipinski definition) is 4. The third kappa shape index (κ3) is 4.65. The molecule has 25 heavy (non-hydrogen) atoms. The summed E-state index contributed by atoms with van der Waals surface area (Å²) in [5.41, 5.74) is -0.473. The van der Waals surface area contributed by atoms with Crippen molar-refractivity contribution < 1.29 is 27.8 Å². The van der Waals surface area contributed by atoms with Crippen LogP contribution in [0.15, 0.2) is 41.4 Å². The van der Waals surface area contributed by atoms with Crippen molar-refractivity contribution in [3.63, 3.8) is 0 Å². The monoisotopic (exact) mass is 353 g/mol. The van der Waals surface area contributed by atoms with Gasteiger partial charge in [-0.15, -0.1) is 0 Å². The Bertz CT molecular complexity index is 758.